The molecule has 0 N–H and O–H groups in total. The minimum Gasteiger partial charge on any atom is -0.743 e. The molecule has 31 heavy (non-hydrogen) atoms. The summed E-state index contributed by atoms with van der Waals surface area (Å²) in [6.45, 7) is 16.1. The minimum absolute atomic E-state index is 0.228. The Morgan fingerprint density at radius 3 is 1.45 bits per heavy atom. The molecule has 0 spiro atoms. The van der Waals surface area contributed by atoms with E-state index in [0.29, 0.717) is 12.8 Å². The molecule has 0 aromatic rings. The van der Waals surface area contributed by atoms with Gasteiger partial charge in [0, 0.05) is 0 Å². The van der Waals surface area contributed by atoms with Gasteiger partial charge in [0.05, 0.1) is 26.2 Å². The van der Waals surface area contributed by atoms with E-state index in [1.165, 1.54) is 30.7 Å². The molecule has 12 heteroatoms. The fourth-order valence-corrected chi connectivity index (χ4v) is 3.45. The molecule has 0 amide bonds. The Hall–Kier alpha value is -0.620. The lowest BCUT2D eigenvalue weighted by molar-refractivity contribution is -0.921. The molecular formula is C19H36F7NO3S. The smallest absolute Gasteiger partial charge is 0.402 e. The first-order valence-electron chi connectivity index (χ1n) is 10.6. The number of rotatable bonds is 14. The molecule has 0 aliphatic carbocycles. The third-order valence-corrected chi connectivity index (χ3v) is 6.62. The van der Waals surface area contributed by atoms with Gasteiger partial charge in [-0.15, -0.1) is 0 Å². The van der Waals surface area contributed by atoms with Crippen molar-refractivity contribution < 1.29 is 48.2 Å². The monoisotopic (exact) mass is 491 g/mol. The number of quaternary nitrogens is 1. The molecule has 0 saturated heterocycles. The molecule has 0 fully saturated rings. The zero-order valence-corrected chi connectivity index (χ0v) is 19.7. The molecule has 4 nitrogen and oxygen atoms in total. The van der Waals surface area contributed by atoms with Gasteiger partial charge in [0.2, 0.25) is 0 Å². The van der Waals surface area contributed by atoms with E-state index in [1.807, 2.05) is 6.92 Å². The van der Waals surface area contributed by atoms with Gasteiger partial charge in [-0.3, -0.25) is 0 Å². The molecule has 0 bridgehead atoms. The second-order valence-electron chi connectivity index (χ2n) is 7.45. The van der Waals surface area contributed by atoms with Gasteiger partial charge < -0.3 is 9.04 Å². The van der Waals surface area contributed by atoms with Crippen LogP contribution in [0.25, 0.3) is 0 Å². The number of nitrogens with zero attached hydrogens (tertiary/aromatic N) is 1. The maximum atomic E-state index is 13.2. The van der Waals surface area contributed by atoms with E-state index in [0.717, 1.165) is 6.42 Å². The van der Waals surface area contributed by atoms with Crippen LogP contribution in [0.15, 0.2) is 0 Å². The Labute approximate surface area is 181 Å². The third kappa shape index (κ3) is 8.34. The molecular weight excluding hydrogens is 455 g/mol. The summed E-state index contributed by atoms with van der Waals surface area (Å²) in [4.78, 5) is 0. The van der Waals surface area contributed by atoms with Gasteiger partial charge >= 0.3 is 17.1 Å². The number of hydrogen-bond donors (Lipinski definition) is 0. The summed E-state index contributed by atoms with van der Waals surface area (Å²) in [5, 5.41) is -6.62. The Kier molecular flexibility index (Phi) is 13.8. The van der Waals surface area contributed by atoms with Gasteiger partial charge in [-0.25, -0.2) is 12.8 Å². The molecule has 0 aromatic heterocycles. The van der Waals surface area contributed by atoms with Crippen LogP contribution in [0.1, 0.15) is 73.1 Å². The zero-order valence-electron chi connectivity index (χ0n) is 18.9. The number of alkyl halides is 7. The predicted octanol–water partition coefficient (Wildman–Crippen LogP) is 5.98. The molecule has 190 valence electrons. The molecule has 1 unspecified atom stereocenters. The second kappa shape index (κ2) is 13.2. The van der Waals surface area contributed by atoms with Crippen LogP contribution in [0.2, 0.25) is 0 Å². The van der Waals surface area contributed by atoms with Crippen LogP contribution in [-0.2, 0) is 10.1 Å². The highest BCUT2D eigenvalue weighted by Gasteiger charge is 2.77. The van der Waals surface area contributed by atoms with E-state index in [-0.39, 0.29) is 12.8 Å². The molecule has 0 saturated carbocycles. The van der Waals surface area contributed by atoms with Crippen molar-refractivity contribution in [3.8, 4) is 0 Å². The Morgan fingerprint density at radius 1 is 0.774 bits per heavy atom. The van der Waals surface area contributed by atoms with Crippen molar-refractivity contribution in [2.45, 2.75) is 96.4 Å². The van der Waals surface area contributed by atoms with E-state index in [1.54, 1.807) is 0 Å². The van der Waals surface area contributed by atoms with E-state index >= 15 is 0 Å². The topological polar surface area (TPSA) is 57.2 Å². The quantitative estimate of drug-likeness (QED) is 0.130. The van der Waals surface area contributed by atoms with Crippen LogP contribution < -0.4 is 0 Å². The molecule has 0 aliphatic rings. The molecule has 0 rings (SSSR count). The van der Waals surface area contributed by atoms with Crippen LogP contribution >= 0.6 is 0 Å². The highest BCUT2D eigenvalue weighted by Crippen LogP contribution is 2.50. The van der Waals surface area contributed by atoms with Crippen LogP contribution in [0, 0.1) is 0 Å². The van der Waals surface area contributed by atoms with Crippen molar-refractivity contribution >= 4 is 10.1 Å². The molecule has 0 radical (unpaired) electrons. The fourth-order valence-electron chi connectivity index (χ4n) is 3.00. The molecule has 0 aromatic carbocycles. The van der Waals surface area contributed by atoms with Crippen LogP contribution in [0.5, 0.6) is 0 Å². The Morgan fingerprint density at radius 2 is 1.16 bits per heavy atom. The first-order valence-corrected chi connectivity index (χ1v) is 12.0. The first kappa shape index (κ1) is 32.6. The van der Waals surface area contributed by atoms with Gasteiger partial charge in [-0.2, -0.15) is 26.3 Å². The van der Waals surface area contributed by atoms with Gasteiger partial charge in [0.1, 0.15) is 0 Å². The lowest BCUT2D eigenvalue weighted by Gasteiger charge is -2.35. The third-order valence-electron chi connectivity index (χ3n) is 5.74. The van der Waals surface area contributed by atoms with E-state index in [4.69, 9.17) is 0 Å². The molecule has 0 aliphatic heterocycles. The van der Waals surface area contributed by atoms with Crippen LogP contribution in [0.4, 0.5) is 30.7 Å². The summed E-state index contributed by atoms with van der Waals surface area (Å²) in [5.41, 5.74) is 0. The highest BCUT2D eigenvalue weighted by molar-refractivity contribution is 7.86. The highest BCUT2D eigenvalue weighted by atomic mass is 32.2. The average molecular weight is 492 g/mol. The summed E-state index contributed by atoms with van der Waals surface area (Å²) < 4.78 is 123. The van der Waals surface area contributed by atoms with Gasteiger partial charge in [-0.05, 0) is 34.1 Å². The second-order valence-corrected chi connectivity index (χ2v) is 8.87. The Bertz CT molecular complexity index is 580. The van der Waals surface area contributed by atoms with E-state index in [2.05, 4.69) is 27.7 Å². The van der Waals surface area contributed by atoms with Crippen LogP contribution in [0.3, 0.4) is 0 Å². The van der Waals surface area contributed by atoms with E-state index < -0.39 is 39.8 Å². The lowest BCUT2D eigenvalue weighted by Crippen LogP contribution is -2.61. The summed E-state index contributed by atoms with van der Waals surface area (Å²) in [7, 11) is -7.09. The van der Waals surface area contributed by atoms with Crippen molar-refractivity contribution in [2.24, 2.45) is 0 Å². The maximum Gasteiger partial charge on any atom is 0.402 e. The summed E-state index contributed by atoms with van der Waals surface area (Å²) >= 11 is 0. The van der Waals surface area contributed by atoms with Crippen molar-refractivity contribution in [3.05, 3.63) is 0 Å². The largest absolute Gasteiger partial charge is 0.743 e. The lowest BCUT2D eigenvalue weighted by atomic mass is 10.0. The van der Waals surface area contributed by atoms with Crippen molar-refractivity contribution in [1.29, 1.82) is 0 Å². The number of unbranched alkanes of at least 4 members (excludes halogenated alkanes) is 4. The molecule has 0 heterocycles. The van der Waals surface area contributed by atoms with Gasteiger partial charge in [0.15, 0.2) is 16.3 Å². The first-order chi connectivity index (χ1) is 14.0. The predicted molar refractivity (Wildman–Crippen MR) is 105 cm³/mol. The summed E-state index contributed by atoms with van der Waals surface area (Å²) in [5.74, 6) is -12.6. The maximum absolute atomic E-state index is 13.2. The SMILES string of the molecule is CCCCCCCC(F)C(F)(F)C(F)(F)C(F)(F)S(=O)(=O)[O-].CC[N+](CC)(CC)CC. The average Bonchev–Trinajstić information content (AvgIpc) is 2.69. The summed E-state index contributed by atoms with van der Waals surface area (Å²) in [6.07, 6.45) is -2.87. The summed E-state index contributed by atoms with van der Waals surface area (Å²) in [6, 6.07) is 0. The molecule has 1 atom stereocenters. The van der Waals surface area contributed by atoms with Crippen molar-refractivity contribution in [1.82, 2.24) is 0 Å². The standard InChI is InChI=1S/C11H17F7O3S.C8H20N/c1-2-3-4-5-6-7-8(12)9(13,14)10(15,16)11(17,18)22(19,20)21;1-5-9(6-2,7-3)8-4/h8H,2-7H2,1H3,(H,19,20,21);5-8H2,1-4H3/q;+1/p-1. The van der Waals surface area contributed by atoms with Gasteiger partial charge in [0.25, 0.3) is 0 Å². The van der Waals surface area contributed by atoms with Crippen molar-refractivity contribution in [3.63, 3.8) is 0 Å². The zero-order chi connectivity index (χ0) is 25.1. The van der Waals surface area contributed by atoms with Crippen LogP contribution in [-0.4, -0.2) is 66.9 Å². The Balaban J connectivity index is 0. The minimum atomic E-state index is -7.09. The van der Waals surface area contributed by atoms with Gasteiger partial charge in [-0.1, -0.05) is 39.0 Å². The van der Waals surface area contributed by atoms with Crippen molar-refractivity contribution in [2.75, 3.05) is 26.2 Å². The number of hydrogen-bond acceptors (Lipinski definition) is 3. The van der Waals surface area contributed by atoms with E-state index in [9.17, 15) is 43.7 Å². The normalized spacial score (nSPS) is 14.7. The number of halogens is 7. The fraction of sp³-hybridized carbons (Fsp3) is 1.00.